The number of benzene rings is 1. The molecule has 9 heteroatoms. The first-order valence-corrected chi connectivity index (χ1v) is 7.77. The van der Waals surface area contributed by atoms with E-state index in [9.17, 15) is 14.0 Å². The van der Waals surface area contributed by atoms with Gasteiger partial charge in [-0.25, -0.2) is 9.07 Å². The first-order valence-electron chi connectivity index (χ1n) is 6.95. The predicted molar refractivity (Wildman–Crippen MR) is 87.2 cm³/mol. The van der Waals surface area contributed by atoms with E-state index in [0.29, 0.717) is 16.4 Å². The number of nitrogens with one attached hydrogen (secondary N) is 1. The molecule has 2 heterocycles. The molecule has 0 fully saturated rings. The summed E-state index contributed by atoms with van der Waals surface area (Å²) in [7, 11) is 0. The van der Waals surface area contributed by atoms with Gasteiger partial charge in [-0.1, -0.05) is 11.3 Å². The third kappa shape index (κ3) is 3.69. The van der Waals surface area contributed by atoms with E-state index in [1.54, 1.807) is 19.1 Å². The van der Waals surface area contributed by atoms with Crippen molar-refractivity contribution < 1.29 is 9.18 Å². The molecule has 1 aromatic carbocycles. The van der Waals surface area contributed by atoms with Crippen LogP contribution in [0.5, 0.6) is 0 Å². The van der Waals surface area contributed by atoms with Crippen molar-refractivity contribution in [2.45, 2.75) is 13.5 Å². The first kappa shape index (κ1) is 15.9. The van der Waals surface area contributed by atoms with E-state index < -0.39 is 11.5 Å². The van der Waals surface area contributed by atoms with Crippen LogP contribution in [0.2, 0.25) is 0 Å². The van der Waals surface area contributed by atoms with E-state index in [-0.39, 0.29) is 12.4 Å². The van der Waals surface area contributed by atoms with Crippen molar-refractivity contribution in [1.82, 2.24) is 20.0 Å². The molecule has 7 nitrogen and oxygen atoms in total. The lowest BCUT2D eigenvalue weighted by Crippen LogP contribution is -2.29. The van der Waals surface area contributed by atoms with Crippen molar-refractivity contribution >= 4 is 22.4 Å². The second kappa shape index (κ2) is 6.67. The van der Waals surface area contributed by atoms with Gasteiger partial charge in [0.1, 0.15) is 17.4 Å². The Morgan fingerprint density at radius 1 is 1.21 bits per heavy atom. The molecule has 3 aromatic rings. The van der Waals surface area contributed by atoms with Crippen molar-refractivity contribution in [3.8, 4) is 11.3 Å². The smallest absolute Gasteiger partial charge is 0.267 e. The molecule has 0 aliphatic heterocycles. The van der Waals surface area contributed by atoms with Crippen LogP contribution in [0.1, 0.15) is 5.01 Å². The van der Waals surface area contributed by atoms with Crippen LogP contribution in [0, 0.1) is 12.7 Å². The highest BCUT2D eigenvalue weighted by Crippen LogP contribution is 2.16. The van der Waals surface area contributed by atoms with E-state index in [0.717, 1.165) is 9.69 Å². The molecule has 0 atom stereocenters. The molecular weight excluding hydrogens is 333 g/mol. The van der Waals surface area contributed by atoms with E-state index in [1.165, 1.54) is 35.6 Å². The summed E-state index contributed by atoms with van der Waals surface area (Å²) >= 11 is 1.23. The van der Waals surface area contributed by atoms with Crippen LogP contribution in [-0.4, -0.2) is 25.9 Å². The number of aromatic nitrogens is 4. The van der Waals surface area contributed by atoms with Gasteiger partial charge in [-0.3, -0.25) is 14.9 Å². The first-order chi connectivity index (χ1) is 11.5. The Balaban J connectivity index is 1.80. The van der Waals surface area contributed by atoms with Crippen LogP contribution in [0.4, 0.5) is 9.52 Å². The van der Waals surface area contributed by atoms with Gasteiger partial charge in [-0.2, -0.15) is 5.10 Å². The van der Waals surface area contributed by atoms with E-state index in [2.05, 4.69) is 20.6 Å². The van der Waals surface area contributed by atoms with Gasteiger partial charge in [-0.15, -0.1) is 10.2 Å². The number of anilines is 1. The largest absolute Gasteiger partial charge is 0.299 e. The monoisotopic (exact) mass is 345 g/mol. The van der Waals surface area contributed by atoms with Crippen LogP contribution in [0.15, 0.2) is 41.2 Å². The minimum Gasteiger partial charge on any atom is -0.299 e. The van der Waals surface area contributed by atoms with E-state index in [4.69, 9.17) is 0 Å². The summed E-state index contributed by atoms with van der Waals surface area (Å²) in [4.78, 5) is 23.9. The van der Waals surface area contributed by atoms with Gasteiger partial charge >= 0.3 is 0 Å². The number of aryl methyl sites for hydroxylation is 1. The summed E-state index contributed by atoms with van der Waals surface area (Å²) in [5.41, 5.74) is 0.698. The molecule has 0 saturated carbocycles. The fourth-order valence-corrected chi connectivity index (χ4v) is 2.59. The van der Waals surface area contributed by atoms with Gasteiger partial charge in [0.15, 0.2) is 0 Å². The second-order valence-electron chi connectivity index (χ2n) is 4.90. The molecule has 122 valence electrons. The van der Waals surface area contributed by atoms with E-state index >= 15 is 0 Å². The standard InChI is InChI=1S/C15H12FN5O2S/c1-9-18-19-15(24-9)17-13(22)8-21-14(23)7-6-12(20-21)10-2-4-11(16)5-3-10/h2-7H,8H2,1H3,(H,17,19,22). The maximum atomic E-state index is 13.0. The summed E-state index contributed by atoms with van der Waals surface area (Å²) in [6, 6.07) is 8.55. The molecule has 24 heavy (non-hydrogen) atoms. The quantitative estimate of drug-likeness (QED) is 0.779. The zero-order chi connectivity index (χ0) is 17.1. The highest BCUT2D eigenvalue weighted by atomic mass is 32.1. The average Bonchev–Trinajstić information content (AvgIpc) is 2.95. The van der Waals surface area contributed by atoms with Gasteiger partial charge in [0, 0.05) is 11.6 Å². The minimum atomic E-state index is -0.433. The predicted octanol–water partition coefficient (Wildman–Crippen LogP) is 1.85. The Bertz CT molecular complexity index is 936. The van der Waals surface area contributed by atoms with Gasteiger partial charge in [0.05, 0.1) is 5.69 Å². The normalized spacial score (nSPS) is 10.6. The number of carbonyl (C=O) groups excluding carboxylic acids is 1. The fraction of sp³-hybridized carbons (Fsp3) is 0.133. The number of hydrogen-bond donors (Lipinski definition) is 1. The number of rotatable bonds is 4. The molecule has 3 rings (SSSR count). The summed E-state index contributed by atoms with van der Waals surface area (Å²) in [6.07, 6.45) is 0. The van der Waals surface area contributed by atoms with Gasteiger partial charge in [-0.05, 0) is 37.3 Å². The molecule has 0 bridgehead atoms. The molecule has 0 aliphatic carbocycles. The summed E-state index contributed by atoms with van der Waals surface area (Å²) in [5.74, 6) is -0.796. The Hall–Kier alpha value is -2.94. The average molecular weight is 345 g/mol. The molecule has 0 saturated heterocycles. The van der Waals surface area contributed by atoms with E-state index in [1.807, 2.05) is 0 Å². The van der Waals surface area contributed by atoms with Crippen LogP contribution in [0.3, 0.4) is 0 Å². The van der Waals surface area contributed by atoms with Crippen molar-refractivity contribution in [1.29, 1.82) is 0 Å². The van der Waals surface area contributed by atoms with Crippen molar-refractivity contribution in [3.05, 3.63) is 57.6 Å². The molecule has 1 N–H and O–H groups in total. The maximum absolute atomic E-state index is 13.0. The summed E-state index contributed by atoms with van der Waals surface area (Å²) < 4.78 is 14.0. The van der Waals surface area contributed by atoms with Gasteiger partial charge in [0.25, 0.3) is 5.56 Å². The molecule has 0 radical (unpaired) electrons. The Labute approximate surface area is 139 Å². The summed E-state index contributed by atoms with van der Waals surface area (Å²) in [6.45, 7) is 1.51. The van der Waals surface area contributed by atoms with Gasteiger partial charge in [0.2, 0.25) is 11.0 Å². The molecule has 2 aromatic heterocycles. The lowest BCUT2D eigenvalue weighted by molar-refractivity contribution is -0.117. The highest BCUT2D eigenvalue weighted by molar-refractivity contribution is 7.15. The van der Waals surface area contributed by atoms with Crippen molar-refractivity contribution in [2.75, 3.05) is 5.32 Å². The number of hydrogen-bond acceptors (Lipinski definition) is 6. The lowest BCUT2D eigenvalue weighted by Gasteiger charge is -2.07. The molecule has 0 spiro atoms. The third-order valence-electron chi connectivity index (χ3n) is 3.07. The fourth-order valence-electron chi connectivity index (χ4n) is 1.98. The zero-order valence-electron chi connectivity index (χ0n) is 12.6. The van der Waals surface area contributed by atoms with Gasteiger partial charge < -0.3 is 0 Å². The molecule has 0 aliphatic rings. The Morgan fingerprint density at radius 3 is 2.62 bits per heavy atom. The van der Waals surface area contributed by atoms with Crippen molar-refractivity contribution in [3.63, 3.8) is 0 Å². The second-order valence-corrected chi connectivity index (χ2v) is 6.08. The highest BCUT2D eigenvalue weighted by Gasteiger charge is 2.10. The SMILES string of the molecule is Cc1nnc(NC(=O)Cn2nc(-c3ccc(F)cc3)ccc2=O)s1. The van der Waals surface area contributed by atoms with Crippen LogP contribution in [-0.2, 0) is 11.3 Å². The number of halogens is 1. The Kier molecular flexibility index (Phi) is 4.43. The number of carbonyl (C=O) groups is 1. The molecular formula is C15H12FN5O2S. The topological polar surface area (TPSA) is 89.8 Å². The number of amides is 1. The molecule has 0 unspecified atom stereocenters. The number of nitrogens with zero attached hydrogens (tertiary/aromatic N) is 4. The minimum absolute atomic E-state index is 0.257. The third-order valence-corrected chi connectivity index (χ3v) is 3.83. The maximum Gasteiger partial charge on any atom is 0.267 e. The van der Waals surface area contributed by atoms with Crippen molar-refractivity contribution in [2.24, 2.45) is 0 Å². The van der Waals surface area contributed by atoms with Crippen LogP contribution < -0.4 is 10.9 Å². The van der Waals surface area contributed by atoms with Crippen LogP contribution in [0.25, 0.3) is 11.3 Å². The van der Waals surface area contributed by atoms with Crippen LogP contribution >= 0.6 is 11.3 Å². The Morgan fingerprint density at radius 2 is 1.96 bits per heavy atom. The molecule has 1 amide bonds. The zero-order valence-corrected chi connectivity index (χ0v) is 13.4. The summed E-state index contributed by atoms with van der Waals surface area (Å²) in [5, 5.41) is 15.4. The lowest BCUT2D eigenvalue weighted by atomic mass is 10.1.